The minimum Gasteiger partial charge on any atom is -0.383 e. The van der Waals surface area contributed by atoms with Gasteiger partial charge >= 0.3 is 0 Å². The summed E-state index contributed by atoms with van der Waals surface area (Å²) in [5, 5.41) is 8.76. The number of hydrogen-bond acceptors (Lipinski definition) is 4. The Hall–Kier alpha value is -1.92. The predicted molar refractivity (Wildman–Crippen MR) is 85.9 cm³/mol. The summed E-state index contributed by atoms with van der Waals surface area (Å²) in [6.07, 6.45) is 1.93. The summed E-state index contributed by atoms with van der Waals surface area (Å²) in [7, 11) is 1.62. The molecule has 1 saturated carbocycles. The van der Waals surface area contributed by atoms with E-state index < -0.39 is 0 Å². The van der Waals surface area contributed by atoms with E-state index in [1.54, 1.807) is 7.11 Å². The fourth-order valence-corrected chi connectivity index (χ4v) is 2.06. The summed E-state index contributed by atoms with van der Waals surface area (Å²) < 4.78 is 4.90. The Kier molecular flexibility index (Phi) is 5.91. The number of nitrogens with one attached hydrogen (secondary N) is 3. The van der Waals surface area contributed by atoms with Crippen LogP contribution >= 0.6 is 0 Å². The second-order valence-corrected chi connectivity index (χ2v) is 5.46. The molecule has 6 heteroatoms. The molecule has 0 aliphatic heterocycles. The topological polar surface area (TPSA) is 79.5 Å². The van der Waals surface area contributed by atoms with Crippen LogP contribution in [0.25, 0.3) is 0 Å². The highest BCUT2D eigenvalue weighted by molar-refractivity contribution is 5.97. The van der Waals surface area contributed by atoms with Crippen LogP contribution in [-0.2, 0) is 14.3 Å². The Morgan fingerprint density at radius 1 is 1.23 bits per heavy atom. The summed E-state index contributed by atoms with van der Waals surface area (Å²) in [4.78, 5) is 23.7. The molecule has 6 nitrogen and oxygen atoms in total. The average Bonchev–Trinajstić information content (AvgIpc) is 3.32. The van der Waals surface area contributed by atoms with Crippen LogP contribution in [0.5, 0.6) is 0 Å². The fraction of sp³-hybridized carbons (Fsp3) is 0.500. The second kappa shape index (κ2) is 7.91. The zero-order valence-electron chi connectivity index (χ0n) is 13.1. The van der Waals surface area contributed by atoms with E-state index in [0.717, 1.165) is 24.1 Å². The number of carbonyl (C=O) groups is 2. The number of ether oxygens (including phenoxy) is 1. The number of carbonyl (C=O) groups excluding carboxylic acids is 2. The monoisotopic (exact) mass is 305 g/mol. The lowest BCUT2D eigenvalue weighted by atomic mass is 10.1. The van der Waals surface area contributed by atoms with Crippen LogP contribution in [0.2, 0.25) is 0 Å². The molecule has 3 N–H and O–H groups in total. The van der Waals surface area contributed by atoms with Gasteiger partial charge in [0.1, 0.15) is 0 Å². The van der Waals surface area contributed by atoms with Crippen molar-refractivity contribution in [3.05, 3.63) is 23.8 Å². The average molecular weight is 305 g/mol. The van der Waals surface area contributed by atoms with Gasteiger partial charge in [0.25, 0.3) is 0 Å². The Morgan fingerprint density at radius 2 is 1.91 bits per heavy atom. The Balaban J connectivity index is 1.90. The first-order valence-corrected chi connectivity index (χ1v) is 7.52. The molecule has 0 bridgehead atoms. The normalized spacial score (nSPS) is 13.7. The Bertz CT molecular complexity index is 541. The molecule has 1 aromatic rings. The van der Waals surface area contributed by atoms with Crippen molar-refractivity contribution in [3.63, 3.8) is 0 Å². The van der Waals surface area contributed by atoms with Crippen LogP contribution in [0.1, 0.15) is 18.4 Å². The molecule has 1 aromatic carbocycles. The molecule has 2 rings (SSSR count). The minimum atomic E-state index is -0.120. The number of amides is 2. The first-order chi connectivity index (χ1) is 10.6. The van der Waals surface area contributed by atoms with Gasteiger partial charge in [-0.15, -0.1) is 0 Å². The zero-order chi connectivity index (χ0) is 15.9. The third kappa shape index (κ3) is 4.82. The highest BCUT2D eigenvalue weighted by Gasteiger charge is 2.29. The molecule has 0 saturated heterocycles. The van der Waals surface area contributed by atoms with Gasteiger partial charge in [0.2, 0.25) is 11.8 Å². The zero-order valence-corrected chi connectivity index (χ0v) is 13.1. The van der Waals surface area contributed by atoms with Crippen molar-refractivity contribution in [2.24, 2.45) is 5.92 Å². The minimum absolute atomic E-state index is 0.0628. The summed E-state index contributed by atoms with van der Waals surface area (Å²) in [6, 6.07) is 5.50. The SMILES string of the molecule is COCCNCC(=O)Nc1cccc(NC(=O)C2CC2)c1C. The van der Waals surface area contributed by atoms with Gasteiger partial charge in [-0.05, 0) is 37.5 Å². The molecule has 1 aliphatic carbocycles. The third-order valence-electron chi connectivity index (χ3n) is 3.58. The molecule has 1 fully saturated rings. The maximum atomic E-state index is 11.9. The molecule has 0 unspecified atom stereocenters. The molecule has 1 aliphatic rings. The van der Waals surface area contributed by atoms with Crippen LogP contribution in [0.4, 0.5) is 11.4 Å². The van der Waals surface area contributed by atoms with E-state index in [9.17, 15) is 9.59 Å². The number of rotatable bonds is 8. The molecular weight excluding hydrogens is 282 g/mol. The van der Waals surface area contributed by atoms with Crippen LogP contribution in [-0.4, -0.2) is 38.6 Å². The lowest BCUT2D eigenvalue weighted by molar-refractivity contribution is -0.117. The lowest BCUT2D eigenvalue weighted by Gasteiger charge is -2.13. The maximum Gasteiger partial charge on any atom is 0.238 e. The lowest BCUT2D eigenvalue weighted by Crippen LogP contribution is -2.30. The van der Waals surface area contributed by atoms with Crippen molar-refractivity contribution < 1.29 is 14.3 Å². The Morgan fingerprint density at radius 3 is 2.55 bits per heavy atom. The maximum absolute atomic E-state index is 11.9. The van der Waals surface area contributed by atoms with Gasteiger partial charge < -0.3 is 20.7 Å². The largest absolute Gasteiger partial charge is 0.383 e. The quantitative estimate of drug-likeness (QED) is 0.636. The first kappa shape index (κ1) is 16.5. The molecule has 0 heterocycles. The number of benzene rings is 1. The third-order valence-corrected chi connectivity index (χ3v) is 3.58. The van der Waals surface area contributed by atoms with Gasteiger partial charge in [0.05, 0.1) is 13.2 Å². The molecule has 2 amide bonds. The van der Waals surface area contributed by atoms with Crippen molar-refractivity contribution in [2.45, 2.75) is 19.8 Å². The molecule has 0 radical (unpaired) electrons. The van der Waals surface area contributed by atoms with E-state index in [1.165, 1.54) is 0 Å². The van der Waals surface area contributed by atoms with Gasteiger partial charge in [-0.3, -0.25) is 9.59 Å². The standard InChI is InChI=1S/C16H23N3O3/c1-11-13(18-15(20)10-17-8-9-22-2)4-3-5-14(11)19-16(21)12-6-7-12/h3-5,12,17H,6-10H2,1-2H3,(H,18,20)(H,19,21). The van der Waals surface area contributed by atoms with Gasteiger partial charge in [-0.2, -0.15) is 0 Å². The second-order valence-electron chi connectivity index (χ2n) is 5.46. The number of methoxy groups -OCH3 is 1. The van der Waals surface area contributed by atoms with Crippen LogP contribution in [0.3, 0.4) is 0 Å². The van der Waals surface area contributed by atoms with Gasteiger partial charge in [-0.1, -0.05) is 6.07 Å². The Labute approximate surface area is 130 Å². The summed E-state index contributed by atoms with van der Waals surface area (Å²) in [5.41, 5.74) is 2.33. The van der Waals surface area contributed by atoms with Crippen molar-refractivity contribution in [3.8, 4) is 0 Å². The van der Waals surface area contributed by atoms with E-state index in [2.05, 4.69) is 16.0 Å². The fourth-order valence-electron chi connectivity index (χ4n) is 2.06. The molecule has 0 atom stereocenters. The highest BCUT2D eigenvalue weighted by atomic mass is 16.5. The summed E-state index contributed by atoms with van der Waals surface area (Å²) in [5.74, 6) is 0.0975. The van der Waals surface area contributed by atoms with Crippen molar-refractivity contribution in [1.29, 1.82) is 0 Å². The van der Waals surface area contributed by atoms with E-state index >= 15 is 0 Å². The number of hydrogen-bond donors (Lipinski definition) is 3. The molecule has 120 valence electrons. The van der Waals surface area contributed by atoms with Crippen LogP contribution < -0.4 is 16.0 Å². The van der Waals surface area contributed by atoms with Crippen molar-refractivity contribution >= 4 is 23.2 Å². The van der Waals surface area contributed by atoms with E-state index in [-0.39, 0.29) is 24.3 Å². The molecule has 22 heavy (non-hydrogen) atoms. The molecule has 0 spiro atoms. The van der Waals surface area contributed by atoms with Crippen LogP contribution in [0, 0.1) is 12.8 Å². The van der Waals surface area contributed by atoms with Crippen molar-refractivity contribution in [2.75, 3.05) is 37.4 Å². The smallest absolute Gasteiger partial charge is 0.238 e. The van der Waals surface area contributed by atoms with Gasteiger partial charge in [0, 0.05) is 30.9 Å². The van der Waals surface area contributed by atoms with Gasteiger partial charge in [-0.25, -0.2) is 0 Å². The molecule has 0 aromatic heterocycles. The summed E-state index contributed by atoms with van der Waals surface area (Å²) in [6.45, 7) is 3.30. The van der Waals surface area contributed by atoms with E-state index in [1.807, 2.05) is 25.1 Å². The highest BCUT2D eigenvalue weighted by Crippen LogP contribution is 2.31. The predicted octanol–water partition coefficient (Wildman–Crippen LogP) is 1.52. The van der Waals surface area contributed by atoms with Crippen LogP contribution in [0.15, 0.2) is 18.2 Å². The summed E-state index contributed by atoms with van der Waals surface area (Å²) >= 11 is 0. The van der Waals surface area contributed by atoms with E-state index in [0.29, 0.717) is 18.8 Å². The first-order valence-electron chi connectivity index (χ1n) is 7.52. The number of anilines is 2. The van der Waals surface area contributed by atoms with Gasteiger partial charge in [0.15, 0.2) is 0 Å². The molecular formula is C16H23N3O3. The van der Waals surface area contributed by atoms with Crippen molar-refractivity contribution in [1.82, 2.24) is 5.32 Å². The van der Waals surface area contributed by atoms with E-state index in [4.69, 9.17) is 4.74 Å².